The van der Waals surface area contributed by atoms with E-state index in [1.807, 2.05) is 59.2 Å². The molecule has 1 amide bonds. The van der Waals surface area contributed by atoms with Crippen molar-refractivity contribution in [1.29, 1.82) is 0 Å². The van der Waals surface area contributed by atoms with Gasteiger partial charge in [0, 0.05) is 22.6 Å². The van der Waals surface area contributed by atoms with Crippen LogP contribution in [-0.2, 0) is 35.4 Å². The van der Waals surface area contributed by atoms with Gasteiger partial charge >= 0.3 is 5.97 Å². The molecule has 0 radical (unpaired) electrons. The molecule has 0 aliphatic heterocycles. The van der Waals surface area contributed by atoms with Crippen molar-refractivity contribution in [1.82, 2.24) is 9.88 Å². The van der Waals surface area contributed by atoms with Crippen LogP contribution in [0, 0.1) is 0 Å². The number of nitrogens with one attached hydrogen (secondary N) is 1. The fourth-order valence-corrected chi connectivity index (χ4v) is 4.10. The predicted molar refractivity (Wildman–Crippen MR) is 104 cm³/mol. The standard InChI is InChI=1S/C22H22N2O3/c25-21(12-15-6-2-1-3-7-15)23-16-10-11-20-18(13-16)17-8-4-5-9-19(17)24(20)14-22(26)27/h1-9,16H,10-14H2,(H,23,25)(H,26,27)/t16-/m0/s1. The number of carbonyl (C=O) groups is 2. The number of rotatable bonds is 5. The molecule has 4 rings (SSSR count). The van der Waals surface area contributed by atoms with Crippen LogP contribution >= 0.6 is 0 Å². The van der Waals surface area contributed by atoms with Crippen molar-refractivity contribution in [3.05, 3.63) is 71.4 Å². The number of para-hydroxylation sites is 1. The van der Waals surface area contributed by atoms with E-state index in [4.69, 9.17) is 0 Å². The first-order chi connectivity index (χ1) is 13.1. The maximum atomic E-state index is 12.4. The fourth-order valence-electron chi connectivity index (χ4n) is 4.10. The molecular weight excluding hydrogens is 340 g/mol. The first kappa shape index (κ1) is 17.3. The van der Waals surface area contributed by atoms with Crippen LogP contribution in [-0.4, -0.2) is 27.6 Å². The molecule has 0 bridgehead atoms. The molecule has 1 aliphatic rings. The summed E-state index contributed by atoms with van der Waals surface area (Å²) in [7, 11) is 0. The van der Waals surface area contributed by atoms with E-state index in [1.165, 1.54) is 5.56 Å². The van der Waals surface area contributed by atoms with Gasteiger partial charge < -0.3 is 15.0 Å². The van der Waals surface area contributed by atoms with Crippen LogP contribution in [0.15, 0.2) is 54.6 Å². The number of carboxylic acids is 1. The van der Waals surface area contributed by atoms with Crippen molar-refractivity contribution < 1.29 is 14.7 Å². The van der Waals surface area contributed by atoms with Crippen LogP contribution in [0.3, 0.4) is 0 Å². The second kappa shape index (κ2) is 7.27. The minimum atomic E-state index is -0.836. The van der Waals surface area contributed by atoms with Crippen molar-refractivity contribution in [2.45, 2.75) is 38.3 Å². The van der Waals surface area contributed by atoms with Crippen LogP contribution < -0.4 is 5.32 Å². The van der Waals surface area contributed by atoms with E-state index in [-0.39, 0.29) is 18.5 Å². The topological polar surface area (TPSA) is 71.3 Å². The third kappa shape index (κ3) is 3.58. The molecular formula is C22H22N2O3. The molecule has 5 nitrogen and oxygen atoms in total. The predicted octanol–water partition coefficient (Wildman–Crippen LogP) is 2.94. The van der Waals surface area contributed by atoms with Gasteiger partial charge in [0.25, 0.3) is 0 Å². The van der Waals surface area contributed by atoms with Crippen molar-refractivity contribution in [3.63, 3.8) is 0 Å². The highest BCUT2D eigenvalue weighted by Crippen LogP contribution is 2.32. The molecule has 0 saturated carbocycles. The van der Waals surface area contributed by atoms with Gasteiger partial charge in [-0.15, -0.1) is 0 Å². The molecule has 138 valence electrons. The SMILES string of the molecule is O=C(O)Cn1c2c(c3ccccc31)C[C@@H](NC(=O)Cc1ccccc1)CC2. The van der Waals surface area contributed by atoms with Gasteiger partial charge in [0.2, 0.25) is 5.91 Å². The smallest absolute Gasteiger partial charge is 0.323 e. The van der Waals surface area contributed by atoms with Crippen LogP contribution in [0.2, 0.25) is 0 Å². The Morgan fingerprint density at radius 2 is 1.81 bits per heavy atom. The summed E-state index contributed by atoms with van der Waals surface area (Å²) in [5.74, 6) is -0.805. The van der Waals surface area contributed by atoms with E-state index in [0.717, 1.165) is 41.4 Å². The van der Waals surface area contributed by atoms with Crippen LogP contribution in [0.5, 0.6) is 0 Å². The number of aromatic nitrogens is 1. The quantitative estimate of drug-likeness (QED) is 0.733. The molecule has 1 atom stereocenters. The van der Waals surface area contributed by atoms with E-state index in [1.54, 1.807) is 0 Å². The minimum Gasteiger partial charge on any atom is -0.480 e. The number of amides is 1. The third-order valence-corrected chi connectivity index (χ3v) is 5.24. The number of aliphatic carboxylic acids is 1. The van der Waals surface area contributed by atoms with Crippen LogP contribution in [0.1, 0.15) is 23.2 Å². The summed E-state index contributed by atoms with van der Waals surface area (Å²) in [6, 6.07) is 17.7. The Morgan fingerprint density at radius 3 is 2.59 bits per heavy atom. The van der Waals surface area contributed by atoms with E-state index < -0.39 is 5.97 Å². The van der Waals surface area contributed by atoms with Crippen molar-refractivity contribution in [2.24, 2.45) is 0 Å². The zero-order valence-corrected chi connectivity index (χ0v) is 15.0. The van der Waals surface area contributed by atoms with E-state index >= 15 is 0 Å². The van der Waals surface area contributed by atoms with Gasteiger partial charge in [-0.25, -0.2) is 0 Å². The van der Waals surface area contributed by atoms with E-state index in [0.29, 0.717) is 6.42 Å². The summed E-state index contributed by atoms with van der Waals surface area (Å²) >= 11 is 0. The normalized spacial score (nSPS) is 16.1. The number of hydrogen-bond acceptors (Lipinski definition) is 2. The van der Waals surface area contributed by atoms with Crippen molar-refractivity contribution in [3.8, 4) is 0 Å². The van der Waals surface area contributed by atoms with Crippen molar-refractivity contribution >= 4 is 22.8 Å². The van der Waals surface area contributed by atoms with E-state index in [9.17, 15) is 14.7 Å². The summed E-state index contributed by atoms with van der Waals surface area (Å²) in [5.41, 5.74) is 4.22. The molecule has 0 unspecified atom stereocenters. The first-order valence-electron chi connectivity index (χ1n) is 9.26. The van der Waals surface area contributed by atoms with E-state index in [2.05, 4.69) is 5.32 Å². The third-order valence-electron chi connectivity index (χ3n) is 5.24. The van der Waals surface area contributed by atoms with Gasteiger partial charge in [0.1, 0.15) is 6.54 Å². The average molecular weight is 362 g/mol. The number of hydrogen-bond donors (Lipinski definition) is 2. The Kier molecular flexibility index (Phi) is 4.67. The number of carbonyl (C=O) groups excluding carboxylic acids is 1. The summed E-state index contributed by atoms with van der Waals surface area (Å²) < 4.78 is 1.91. The lowest BCUT2D eigenvalue weighted by Gasteiger charge is -2.25. The lowest BCUT2D eigenvalue weighted by atomic mass is 9.91. The Balaban J connectivity index is 1.54. The molecule has 1 aromatic heterocycles. The average Bonchev–Trinajstić information content (AvgIpc) is 2.96. The number of nitrogens with zero attached hydrogens (tertiary/aromatic N) is 1. The highest BCUT2D eigenvalue weighted by molar-refractivity contribution is 5.87. The lowest BCUT2D eigenvalue weighted by Crippen LogP contribution is -2.39. The van der Waals surface area contributed by atoms with Gasteiger partial charge in [-0.2, -0.15) is 0 Å². The van der Waals surface area contributed by atoms with Gasteiger partial charge in [-0.05, 0) is 36.5 Å². The molecule has 2 aromatic carbocycles. The zero-order chi connectivity index (χ0) is 18.8. The second-order valence-corrected chi connectivity index (χ2v) is 7.09. The first-order valence-corrected chi connectivity index (χ1v) is 9.26. The lowest BCUT2D eigenvalue weighted by molar-refractivity contribution is -0.137. The highest BCUT2D eigenvalue weighted by atomic mass is 16.4. The molecule has 1 heterocycles. The summed E-state index contributed by atoms with van der Waals surface area (Å²) in [6.45, 7) is -0.0269. The Hall–Kier alpha value is -3.08. The second-order valence-electron chi connectivity index (χ2n) is 7.09. The number of benzene rings is 2. The molecule has 1 aliphatic carbocycles. The molecule has 0 saturated heterocycles. The molecule has 5 heteroatoms. The molecule has 0 spiro atoms. The molecule has 0 fully saturated rings. The van der Waals surface area contributed by atoms with Gasteiger partial charge in [-0.3, -0.25) is 9.59 Å². The highest BCUT2D eigenvalue weighted by Gasteiger charge is 2.26. The minimum absolute atomic E-state index is 0.0269. The summed E-state index contributed by atoms with van der Waals surface area (Å²) in [6.07, 6.45) is 2.71. The Bertz CT molecular complexity index is 991. The Morgan fingerprint density at radius 1 is 1.07 bits per heavy atom. The van der Waals surface area contributed by atoms with Gasteiger partial charge in [0.05, 0.1) is 6.42 Å². The number of carboxylic acid groups (broad SMARTS) is 1. The van der Waals surface area contributed by atoms with Gasteiger partial charge in [0.15, 0.2) is 0 Å². The van der Waals surface area contributed by atoms with Crippen molar-refractivity contribution in [2.75, 3.05) is 0 Å². The summed E-state index contributed by atoms with van der Waals surface area (Å²) in [4.78, 5) is 23.7. The monoisotopic (exact) mass is 362 g/mol. The maximum absolute atomic E-state index is 12.4. The van der Waals surface area contributed by atoms with Crippen LogP contribution in [0.25, 0.3) is 10.9 Å². The maximum Gasteiger partial charge on any atom is 0.323 e. The van der Waals surface area contributed by atoms with Gasteiger partial charge in [-0.1, -0.05) is 48.5 Å². The fraction of sp³-hybridized carbons (Fsp3) is 0.273. The van der Waals surface area contributed by atoms with Crippen LogP contribution in [0.4, 0.5) is 0 Å². The Labute approximate surface area is 157 Å². The molecule has 3 aromatic rings. The summed E-state index contributed by atoms with van der Waals surface area (Å²) in [5, 5.41) is 13.5. The zero-order valence-electron chi connectivity index (χ0n) is 15.0. The molecule has 27 heavy (non-hydrogen) atoms. The molecule has 2 N–H and O–H groups in total. The largest absolute Gasteiger partial charge is 0.480 e. The number of fused-ring (bicyclic) bond motifs is 3.